The van der Waals surface area contributed by atoms with E-state index in [1.54, 1.807) is 6.20 Å². The van der Waals surface area contributed by atoms with Gasteiger partial charge >= 0.3 is 0 Å². The lowest BCUT2D eigenvalue weighted by Gasteiger charge is -2.32. The molecule has 19 heavy (non-hydrogen) atoms. The second-order valence-electron chi connectivity index (χ2n) is 5.44. The number of amidine groups is 1. The number of likely N-dealkylation sites (tertiary alicyclic amines) is 1. The van der Waals surface area contributed by atoms with E-state index in [0.29, 0.717) is 5.69 Å². The van der Waals surface area contributed by atoms with Crippen molar-refractivity contribution in [2.24, 2.45) is 11.7 Å². The summed E-state index contributed by atoms with van der Waals surface area (Å²) in [5.41, 5.74) is 7.11. The van der Waals surface area contributed by atoms with E-state index in [1.165, 1.54) is 25.9 Å². The standard InChI is InChI=1S/C14H23N5/c1-18-7-4-11(5-8-18)10-19(2)12-3-6-17-13(9-12)14(15)16/h3,6,9,11H,4-5,7-8,10H2,1-2H3,(H3,15,16). The Labute approximate surface area is 114 Å². The fourth-order valence-electron chi connectivity index (χ4n) is 2.54. The normalized spacial score (nSPS) is 17.4. The third-order valence-electron chi connectivity index (χ3n) is 3.83. The van der Waals surface area contributed by atoms with Gasteiger partial charge in [-0.1, -0.05) is 0 Å². The van der Waals surface area contributed by atoms with Crippen molar-refractivity contribution in [3.8, 4) is 0 Å². The molecule has 5 heteroatoms. The Hall–Kier alpha value is -1.62. The number of nitrogens with one attached hydrogen (secondary N) is 1. The highest BCUT2D eigenvalue weighted by Gasteiger charge is 2.18. The van der Waals surface area contributed by atoms with E-state index in [4.69, 9.17) is 11.1 Å². The van der Waals surface area contributed by atoms with Crippen molar-refractivity contribution in [1.82, 2.24) is 9.88 Å². The van der Waals surface area contributed by atoms with E-state index < -0.39 is 0 Å². The molecular formula is C14H23N5. The van der Waals surface area contributed by atoms with Crippen molar-refractivity contribution in [2.45, 2.75) is 12.8 Å². The SMILES string of the molecule is CN1CCC(CN(C)c2ccnc(C(=N)N)c2)CC1. The molecule has 2 rings (SSSR count). The van der Waals surface area contributed by atoms with Crippen molar-refractivity contribution in [1.29, 1.82) is 5.41 Å². The highest BCUT2D eigenvalue weighted by Crippen LogP contribution is 2.20. The van der Waals surface area contributed by atoms with Crippen molar-refractivity contribution >= 4 is 11.5 Å². The van der Waals surface area contributed by atoms with Gasteiger partial charge in [-0.05, 0) is 51.0 Å². The van der Waals surface area contributed by atoms with Crippen molar-refractivity contribution in [3.05, 3.63) is 24.0 Å². The molecule has 3 N–H and O–H groups in total. The first-order valence-corrected chi connectivity index (χ1v) is 6.76. The number of pyridine rings is 1. The van der Waals surface area contributed by atoms with Crippen LogP contribution in [0.5, 0.6) is 0 Å². The van der Waals surface area contributed by atoms with Gasteiger partial charge < -0.3 is 15.5 Å². The van der Waals surface area contributed by atoms with Gasteiger partial charge in [0.05, 0.1) is 0 Å². The average molecular weight is 261 g/mol. The molecule has 0 amide bonds. The van der Waals surface area contributed by atoms with Crippen LogP contribution in [0.25, 0.3) is 0 Å². The maximum atomic E-state index is 7.44. The molecule has 0 aliphatic carbocycles. The van der Waals surface area contributed by atoms with E-state index in [9.17, 15) is 0 Å². The summed E-state index contributed by atoms with van der Waals surface area (Å²) in [7, 11) is 4.28. The fourth-order valence-corrected chi connectivity index (χ4v) is 2.54. The van der Waals surface area contributed by atoms with E-state index in [1.807, 2.05) is 12.1 Å². The van der Waals surface area contributed by atoms with Gasteiger partial charge in [-0.15, -0.1) is 0 Å². The summed E-state index contributed by atoms with van der Waals surface area (Å²) in [5, 5.41) is 7.44. The minimum atomic E-state index is 0.0227. The van der Waals surface area contributed by atoms with E-state index in [0.717, 1.165) is 18.2 Å². The van der Waals surface area contributed by atoms with Crippen LogP contribution >= 0.6 is 0 Å². The number of aromatic nitrogens is 1. The number of nitrogens with two attached hydrogens (primary N) is 1. The highest BCUT2D eigenvalue weighted by atomic mass is 15.1. The molecule has 0 spiro atoms. The first-order valence-electron chi connectivity index (χ1n) is 6.76. The Bertz CT molecular complexity index is 437. The summed E-state index contributed by atoms with van der Waals surface area (Å²) in [5.74, 6) is 0.768. The van der Waals surface area contributed by atoms with Gasteiger partial charge in [0.1, 0.15) is 11.5 Å². The molecule has 1 aromatic heterocycles. The van der Waals surface area contributed by atoms with Crippen LogP contribution in [0, 0.1) is 11.3 Å². The molecule has 1 saturated heterocycles. The van der Waals surface area contributed by atoms with Gasteiger partial charge in [0, 0.05) is 25.5 Å². The third-order valence-corrected chi connectivity index (χ3v) is 3.83. The predicted octanol–water partition coefficient (Wildman–Crippen LogP) is 1.14. The second-order valence-corrected chi connectivity index (χ2v) is 5.44. The van der Waals surface area contributed by atoms with Crippen LogP contribution < -0.4 is 10.6 Å². The Balaban J connectivity index is 1.97. The molecule has 0 saturated carbocycles. The summed E-state index contributed by atoms with van der Waals surface area (Å²) < 4.78 is 0. The molecule has 0 aromatic carbocycles. The second kappa shape index (κ2) is 6.02. The number of nitrogens with zero attached hydrogens (tertiary/aromatic N) is 3. The highest BCUT2D eigenvalue weighted by molar-refractivity contribution is 5.93. The molecular weight excluding hydrogens is 238 g/mol. The number of hydrogen-bond acceptors (Lipinski definition) is 4. The lowest BCUT2D eigenvalue weighted by Crippen LogP contribution is -2.35. The van der Waals surface area contributed by atoms with Crippen molar-refractivity contribution in [2.75, 3.05) is 38.6 Å². The third kappa shape index (κ3) is 3.67. The summed E-state index contributed by atoms with van der Waals surface area (Å²) >= 11 is 0. The Morgan fingerprint density at radius 3 is 2.84 bits per heavy atom. The molecule has 0 unspecified atom stereocenters. The summed E-state index contributed by atoms with van der Waals surface area (Å²) in [4.78, 5) is 8.72. The quantitative estimate of drug-likeness (QED) is 0.630. The Morgan fingerprint density at radius 1 is 1.53 bits per heavy atom. The van der Waals surface area contributed by atoms with Crippen LogP contribution in [-0.4, -0.2) is 49.4 Å². The maximum Gasteiger partial charge on any atom is 0.141 e. The van der Waals surface area contributed by atoms with Gasteiger partial charge in [-0.2, -0.15) is 0 Å². The zero-order chi connectivity index (χ0) is 13.8. The van der Waals surface area contributed by atoms with Gasteiger partial charge in [-0.3, -0.25) is 10.4 Å². The van der Waals surface area contributed by atoms with Crippen molar-refractivity contribution in [3.63, 3.8) is 0 Å². The predicted molar refractivity (Wildman–Crippen MR) is 78.7 cm³/mol. The minimum absolute atomic E-state index is 0.0227. The Morgan fingerprint density at radius 2 is 2.21 bits per heavy atom. The number of nitrogen functional groups attached to an aromatic ring is 1. The van der Waals surface area contributed by atoms with Crippen LogP contribution in [0.3, 0.4) is 0 Å². The molecule has 1 aliphatic rings. The summed E-state index contributed by atoms with van der Waals surface area (Å²) in [6.07, 6.45) is 4.23. The van der Waals surface area contributed by atoms with Crippen LogP contribution in [-0.2, 0) is 0 Å². The monoisotopic (exact) mass is 261 g/mol. The molecule has 104 valence electrons. The molecule has 1 aliphatic heterocycles. The molecule has 0 bridgehead atoms. The number of rotatable bonds is 4. The molecule has 0 atom stereocenters. The summed E-state index contributed by atoms with van der Waals surface area (Å²) in [6.45, 7) is 3.43. The van der Waals surface area contributed by atoms with Crippen LogP contribution in [0.15, 0.2) is 18.3 Å². The molecule has 2 heterocycles. The minimum Gasteiger partial charge on any atom is -0.382 e. The summed E-state index contributed by atoms with van der Waals surface area (Å²) in [6, 6.07) is 3.86. The molecule has 0 radical (unpaired) electrons. The first kappa shape index (κ1) is 13.8. The van der Waals surface area contributed by atoms with Crippen LogP contribution in [0.1, 0.15) is 18.5 Å². The van der Waals surface area contributed by atoms with E-state index in [-0.39, 0.29) is 5.84 Å². The zero-order valence-electron chi connectivity index (χ0n) is 11.8. The van der Waals surface area contributed by atoms with Gasteiger partial charge in [-0.25, -0.2) is 0 Å². The first-order chi connectivity index (χ1) is 9.06. The lowest BCUT2D eigenvalue weighted by molar-refractivity contribution is 0.222. The number of anilines is 1. The van der Waals surface area contributed by atoms with E-state index in [2.05, 4.69) is 28.9 Å². The van der Waals surface area contributed by atoms with Crippen LogP contribution in [0.2, 0.25) is 0 Å². The smallest absolute Gasteiger partial charge is 0.141 e. The van der Waals surface area contributed by atoms with E-state index >= 15 is 0 Å². The number of hydrogen-bond donors (Lipinski definition) is 2. The average Bonchev–Trinajstić information content (AvgIpc) is 2.41. The zero-order valence-corrected chi connectivity index (χ0v) is 11.8. The van der Waals surface area contributed by atoms with Crippen LogP contribution in [0.4, 0.5) is 5.69 Å². The van der Waals surface area contributed by atoms with Gasteiger partial charge in [0.25, 0.3) is 0 Å². The van der Waals surface area contributed by atoms with Gasteiger partial charge in [0.2, 0.25) is 0 Å². The van der Waals surface area contributed by atoms with Crippen molar-refractivity contribution < 1.29 is 0 Å². The van der Waals surface area contributed by atoms with Gasteiger partial charge in [0.15, 0.2) is 0 Å². The molecule has 5 nitrogen and oxygen atoms in total. The fraction of sp³-hybridized carbons (Fsp3) is 0.571. The molecule has 1 fully saturated rings. The largest absolute Gasteiger partial charge is 0.382 e. The maximum absolute atomic E-state index is 7.44. The lowest BCUT2D eigenvalue weighted by atomic mass is 9.96. The number of piperidine rings is 1. The topological polar surface area (TPSA) is 69.2 Å². The Kier molecular flexibility index (Phi) is 4.37. The molecule has 1 aromatic rings.